The molecule has 35 heavy (non-hydrogen) atoms. The molecule has 2 N–H and O–H groups in total. The minimum atomic E-state index is -0.381. The van der Waals surface area contributed by atoms with Gasteiger partial charge in [-0.1, -0.05) is 74.0 Å². The summed E-state index contributed by atoms with van der Waals surface area (Å²) in [4.78, 5) is 18.7. The number of hydrogen-bond donors (Lipinski definition) is 0. The Balaban J connectivity index is 0.00000204. The zero-order chi connectivity index (χ0) is 22.5. The minimum Gasteiger partial charge on any atom is -0.461 e. The van der Waals surface area contributed by atoms with Crippen molar-refractivity contribution < 1.29 is 15.0 Å². The monoisotopic (exact) mass is 612 g/mol. The van der Waals surface area contributed by atoms with Crippen LogP contribution in [0.1, 0.15) is 49.7 Å². The van der Waals surface area contributed by atoms with Crippen LogP contribution in [-0.4, -0.2) is 67.1 Å². The highest BCUT2D eigenvalue weighted by molar-refractivity contribution is 8.93. The molecule has 196 valence electrons. The average Bonchev–Trinajstić information content (AvgIpc) is 2.79. The highest BCUT2D eigenvalue weighted by Gasteiger charge is 2.47. The van der Waals surface area contributed by atoms with Crippen LogP contribution in [0, 0.1) is 11.8 Å². The Labute approximate surface area is 232 Å². The largest absolute Gasteiger partial charge is 0.461 e. The number of carbonyl (C=O) groups is 1. The van der Waals surface area contributed by atoms with Gasteiger partial charge >= 0.3 is 5.97 Å². The van der Waals surface area contributed by atoms with Gasteiger partial charge in [0.2, 0.25) is 0 Å². The lowest BCUT2D eigenvalue weighted by Gasteiger charge is -2.51. The number of piperidine rings is 1. The van der Waals surface area contributed by atoms with Gasteiger partial charge in [-0.05, 0) is 51.0 Å². The van der Waals surface area contributed by atoms with Crippen molar-refractivity contribution in [3.8, 4) is 0 Å². The first-order valence-corrected chi connectivity index (χ1v) is 12.3. The molecule has 2 fully saturated rings. The van der Waals surface area contributed by atoms with Crippen molar-refractivity contribution in [1.82, 2.24) is 9.80 Å². The third-order valence-electron chi connectivity index (χ3n) is 7.42. The summed E-state index contributed by atoms with van der Waals surface area (Å²) in [5, 5.41) is 0. The molecule has 2 bridgehead atoms. The Morgan fingerprint density at radius 1 is 0.971 bits per heavy atom. The molecule has 5 nitrogen and oxygen atoms in total. The molecule has 1 saturated carbocycles. The predicted molar refractivity (Wildman–Crippen MR) is 154 cm³/mol. The molecule has 4 rings (SSSR count). The summed E-state index contributed by atoms with van der Waals surface area (Å²) in [6.07, 6.45) is 4.77. The Hall–Kier alpha value is -1.25. The first-order chi connectivity index (χ1) is 15.6. The SMILES string of the molecule is Br.Br.CCCCN1CC2CC[C@@H](N(C)C)C(C1)[C@H]2OC(=O)C(c1ccccc1)c1ccccc1.O. The molecule has 0 aromatic heterocycles. The van der Waals surface area contributed by atoms with E-state index in [9.17, 15) is 4.79 Å². The van der Waals surface area contributed by atoms with Crippen LogP contribution in [0.4, 0.5) is 0 Å². The number of unbranched alkanes of at least 4 members (excludes halogenated alkanes) is 1. The van der Waals surface area contributed by atoms with Crippen molar-refractivity contribution in [3.63, 3.8) is 0 Å². The molecule has 4 atom stereocenters. The van der Waals surface area contributed by atoms with E-state index in [2.05, 4.69) is 30.8 Å². The number of halogens is 2. The van der Waals surface area contributed by atoms with Crippen LogP contribution in [0.15, 0.2) is 60.7 Å². The maximum absolute atomic E-state index is 13.7. The van der Waals surface area contributed by atoms with Gasteiger partial charge in [-0.25, -0.2) is 0 Å². The lowest BCUT2D eigenvalue weighted by atomic mass is 9.71. The molecule has 7 heteroatoms. The molecule has 2 aliphatic rings. The van der Waals surface area contributed by atoms with Crippen LogP contribution in [-0.2, 0) is 9.53 Å². The molecule has 2 unspecified atom stereocenters. The van der Waals surface area contributed by atoms with Crippen LogP contribution in [0.5, 0.6) is 0 Å². The van der Waals surface area contributed by atoms with Gasteiger partial charge in [-0.2, -0.15) is 0 Å². The maximum atomic E-state index is 13.7. The zero-order valence-electron chi connectivity index (χ0n) is 21.1. The second-order valence-electron chi connectivity index (χ2n) is 9.80. The van der Waals surface area contributed by atoms with Crippen molar-refractivity contribution in [2.45, 2.75) is 50.7 Å². The van der Waals surface area contributed by atoms with E-state index in [1.54, 1.807) is 0 Å². The highest BCUT2D eigenvalue weighted by Crippen LogP contribution is 2.40. The Kier molecular flexibility index (Phi) is 13.7. The van der Waals surface area contributed by atoms with Crippen LogP contribution >= 0.6 is 34.0 Å². The summed E-state index contributed by atoms with van der Waals surface area (Å²) in [7, 11) is 4.34. The number of esters is 1. The fraction of sp³-hybridized carbons (Fsp3) is 0.536. The van der Waals surface area contributed by atoms with E-state index in [-0.39, 0.29) is 57.4 Å². The van der Waals surface area contributed by atoms with Crippen molar-refractivity contribution in [1.29, 1.82) is 0 Å². The lowest BCUT2D eigenvalue weighted by Crippen LogP contribution is -2.60. The first kappa shape index (κ1) is 31.8. The third kappa shape index (κ3) is 7.62. The maximum Gasteiger partial charge on any atom is 0.318 e. The number of nitrogens with zero attached hydrogens (tertiary/aromatic N) is 2. The van der Waals surface area contributed by atoms with Crippen molar-refractivity contribution >= 4 is 39.9 Å². The molecule has 2 aromatic carbocycles. The summed E-state index contributed by atoms with van der Waals surface area (Å²) >= 11 is 0. The number of rotatable bonds is 8. The van der Waals surface area contributed by atoms with Gasteiger partial charge in [0.05, 0.1) is 0 Å². The van der Waals surface area contributed by atoms with Gasteiger partial charge in [0.1, 0.15) is 12.0 Å². The normalized spacial score (nSPS) is 23.6. The van der Waals surface area contributed by atoms with Gasteiger partial charge < -0.3 is 20.0 Å². The van der Waals surface area contributed by atoms with Crippen LogP contribution in [0.25, 0.3) is 0 Å². The predicted octanol–water partition coefficient (Wildman–Crippen LogP) is 5.13. The van der Waals surface area contributed by atoms with E-state index < -0.39 is 0 Å². The van der Waals surface area contributed by atoms with Gasteiger partial charge in [0, 0.05) is 31.0 Å². The molecule has 1 aliphatic carbocycles. The molecule has 1 saturated heterocycles. The van der Waals surface area contributed by atoms with Gasteiger partial charge in [-0.15, -0.1) is 34.0 Å². The van der Waals surface area contributed by atoms with Crippen LogP contribution < -0.4 is 0 Å². The third-order valence-corrected chi connectivity index (χ3v) is 7.42. The summed E-state index contributed by atoms with van der Waals surface area (Å²) in [6, 6.07) is 20.6. The quantitative estimate of drug-likeness (QED) is 0.387. The fourth-order valence-corrected chi connectivity index (χ4v) is 5.80. The molecule has 1 heterocycles. The number of carbonyl (C=O) groups excluding carboxylic acids is 1. The Morgan fingerprint density at radius 3 is 2.06 bits per heavy atom. The summed E-state index contributed by atoms with van der Waals surface area (Å²) in [5.41, 5.74) is 2.00. The number of fused-ring (bicyclic) bond motifs is 2. The van der Waals surface area contributed by atoms with E-state index in [4.69, 9.17) is 4.74 Å². The molecule has 1 aliphatic heterocycles. The zero-order valence-corrected chi connectivity index (χ0v) is 24.6. The van der Waals surface area contributed by atoms with Crippen LogP contribution in [0.2, 0.25) is 0 Å². The van der Waals surface area contributed by atoms with Crippen LogP contribution in [0.3, 0.4) is 0 Å². The van der Waals surface area contributed by atoms with E-state index in [0.29, 0.717) is 17.9 Å². The van der Waals surface area contributed by atoms with Crippen molar-refractivity contribution in [2.75, 3.05) is 33.7 Å². The van der Waals surface area contributed by atoms with Crippen molar-refractivity contribution in [3.05, 3.63) is 71.8 Å². The first-order valence-electron chi connectivity index (χ1n) is 12.3. The fourth-order valence-electron chi connectivity index (χ4n) is 5.80. The summed E-state index contributed by atoms with van der Waals surface area (Å²) in [6.45, 7) is 5.49. The molecule has 0 amide bonds. The second kappa shape index (κ2) is 15.1. The molecular formula is C28H42Br2N2O3. The number of benzene rings is 2. The molecule has 2 aromatic rings. The second-order valence-corrected chi connectivity index (χ2v) is 9.80. The highest BCUT2D eigenvalue weighted by atomic mass is 79.9. The topological polar surface area (TPSA) is 64.3 Å². The van der Waals surface area contributed by atoms with E-state index in [1.807, 2.05) is 60.7 Å². The number of ether oxygens (including phenoxy) is 1. The molecule has 0 radical (unpaired) electrons. The lowest BCUT2D eigenvalue weighted by molar-refractivity contribution is -0.168. The molecular weight excluding hydrogens is 572 g/mol. The van der Waals surface area contributed by atoms with Gasteiger partial charge in [0.25, 0.3) is 0 Å². The number of hydrogen-bond acceptors (Lipinski definition) is 4. The van der Waals surface area contributed by atoms with Gasteiger partial charge in [0.15, 0.2) is 0 Å². The van der Waals surface area contributed by atoms with Crippen molar-refractivity contribution in [2.24, 2.45) is 11.8 Å². The average molecular weight is 614 g/mol. The standard InChI is InChI=1S/C28H38N2O2.2BrH.H2O/c1-4-5-18-30-19-23-16-17-25(29(2)3)24(20-30)27(23)32-28(31)26(21-12-8-6-9-13-21)22-14-10-7-11-15-22;;;/h6-15,23-27H,4-5,16-20H2,1-3H3;2*1H;1H2/t23?,24?,25-,27+;;;/m1.../s1. The van der Waals surface area contributed by atoms with Gasteiger partial charge in [-0.3, -0.25) is 4.79 Å². The summed E-state index contributed by atoms with van der Waals surface area (Å²) in [5.74, 6) is 0.307. The number of likely N-dealkylation sites (tertiary alicyclic amines) is 1. The molecule has 0 spiro atoms. The Bertz CT molecular complexity index is 830. The smallest absolute Gasteiger partial charge is 0.318 e. The van der Waals surface area contributed by atoms with E-state index in [0.717, 1.165) is 37.2 Å². The van der Waals surface area contributed by atoms with E-state index >= 15 is 0 Å². The Morgan fingerprint density at radius 2 is 1.54 bits per heavy atom. The van der Waals surface area contributed by atoms with E-state index in [1.165, 1.54) is 19.3 Å². The summed E-state index contributed by atoms with van der Waals surface area (Å²) < 4.78 is 6.47. The minimum absolute atomic E-state index is 0.